The Bertz CT molecular complexity index is 402. The van der Waals surface area contributed by atoms with Crippen molar-refractivity contribution in [1.29, 1.82) is 0 Å². The summed E-state index contributed by atoms with van der Waals surface area (Å²) in [5, 5.41) is 4.27. The van der Waals surface area contributed by atoms with E-state index in [1.165, 1.54) is 57.2 Å². The summed E-state index contributed by atoms with van der Waals surface area (Å²) in [6.07, 6.45) is 7.98. The van der Waals surface area contributed by atoms with Crippen molar-refractivity contribution in [3.05, 3.63) is 34.9 Å². The van der Waals surface area contributed by atoms with Crippen molar-refractivity contribution >= 4 is 11.6 Å². The molecule has 0 aromatic heterocycles. The first-order chi connectivity index (χ1) is 10.2. The van der Waals surface area contributed by atoms with Gasteiger partial charge in [0, 0.05) is 23.7 Å². The van der Waals surface area contributed by atoms with Gasteiger partial charge >= 0.3 is 0 Å². The summed E-state index contributed by atoms with van der Waals surface area (Å²) in [4.78, 5) is 2.72. The Morgan fingerprint density at radius 1 is 1.29 bits per heavy atom. The molecular weight excluding hydrogens is 280 g/mol. The van der Waals surface area contributed by atoms with Crippen LogP contribution in [0.3, 0.4) is 0 Å². The van der Waals surface area contributed by atoms with Crippen molar-refractivity contribution in [1.82, 2.24) is 10.2 Å². The van der Waals surface area contributed by atoms with E-state index in [-0.39, 0.29) is 0 Å². The third-order valence-corrected chi connectivity index (χ3v) is 4.95. The molecule has 2 rings (SSSR count). The summed E-state index contributed by atoms with van der Waals surface area (Å²) in [7, 11) is 2.05. The summed E-state index contributed by atoms with van der Waals surface area (Å²) < 4.78 is 0. The van der Waals surface area contributed by atoms with Crippen LogP contribution in [0.4, 0.5) is 0 Å². The maximum Gasteiger partial charge on any atom is 0.0406 e. The van der Waals surface area contributed by atoms with Crippen LogP contribution in [0.15, 0.2) is 24.3 Å². The van der Waals surface area contributed by atoms with Crippen LogP contribution in [0.1, 0.15) is 57.1 Å². The molecule has 0 amide bonds. The van der Waals surface area contributed by atoms with E-state index in [0.29, 0.717) is 6.04 Å². The van der Waals surface area contributed by atoms with Gasteiger partial charge in [-0.05, 0) is 57.0 Å². The zero-order valence-corrected chi connectivity index (χ0v) is 14.2. The fraction of sp³-hybridized carbons (Fsp3) is 0.667. The van der Waals surface area contributed by atoms with E-state index in [9.17, 15) is 0 Å². The molecule has 2 atom stereocenters. The number of piperidine rings is 1. The molecular formula is C18H29ClN2. The van der Waals surface area contributed by atoms with Crippen molar-refractivity contribution in [2.45, 2.75) is 57.5 Å². The maximum atomic E-state index is 5.98. The molecule has 1 fully saturated rings. The highest BCUT2D eigenvalue weighted by Crippen LogP contribution is 2.24. The fourth-order valence-corrected chi connectivity index (χ4v) is 3.61. The molecule has 2 nitrogen and oxygen atoms in total. The molecule has 0 radical (unpaired) electrons. The number of nitrogens with one attached hydrogen (secondary N) is 1. The highest BCUT2D eigenvalue weighted by Gasteiger charge is 2.22. The highest BCUT2D eigenvalue weighted by molar-refractivity contribution is 6.30. The predicted molar refractivity (Wildman–Crippen MR) is 92.0 cm³/mol. The molecule has 1 N–H and O–H groups in total. The van der Waals surface area contributed by atoms with Crippen molar-refractivity contribution in [2.75, 3.05) is 20.1 Å². The molecule has 1 saturated heterocycles. The summed E-state index contributed by atoms with van der Waals surface area (Å²) in [6.45, 7) is 4.78. The zero-order chi connectivity index (χ0) is 15.1. The lowest BCUT2D eigenvalue weighted by molar-refractivity contribution is 0.133. The van der Waals surface area contributed by atoms with E-state index in [2.05, 4.69) is 36.3 Å². The lowest BCUT2D eigenvalue weighted by Gasteiger charge is -2.36. The van der Waals surface area contributed by atoms with Crippen LogP contribution in [-0.4, -0.2) is 31.1 Å². The third kappa shape index (κ3) is 4.98. The lowest BCUT2D eigenvalue weighted by atomic mass is 9.96. The molecule has 0 spiro atoms. The van der Waals surface area contributed by atoms with Crippen molar-refractivity contribution < 1.29 is 0 Å². The zero-order valence-electron chi connectivity index (χ0n) is 13.4. The van der Waals surface area contributed by atoms with Gasteiger partial charge in [-0.15, -0.1) is 0 Å². The Labute approximate surface area is 134 Å². The van der Waals surface area contributed by atoms with Gasteiger partial charge in [0.05, 0.1) is 0 Å². The predicted octanol–water partition coefficient (Wildman–Crippen LogP) is 4.65. The van der Waals surface area contributed by atoms with Gasteiger partial charge in [-0.1, -0.05) is 43.5 Å². The minimum atomic E-state index is 0.423. The van der Waals surface area contributed by atoms with Crippen molar-refractivity contribution in [2.24, 2.45) is 0 Å². The van der Waals surface area contributed by atoms with Crippen LogP contribution in [0.5, 0.6) is 0 Å². The molecule has 1 heterocycles. The summed E-state index contributed by atoms with van der Waals surface area (Å²) in [6, 6.07) is 9.49. The maximum absolute atomic E-state index is 5.98. The summed E-state index contributed by atoms with van der Waals surface area (Å²) in [5.74, 6) is 0. The van der Waals surface area contributed by atoms with Crippen LogP contribution in [0, 0.1) is 0 Å². The SMILES string of the molecule is CCCC1CCCCN1CCC(NC)c1ccc(Cl)cc1. The van der Waals surface area contributed by atoms with Gasteiger partial charge in [0.25, 0.3) is 0 Å². The molecule has 2 unspecified atom stereocenters. The second-order valence-corrected chi connectivity index (χ2v) is 6.59. The number of rotatable bonds is 7. The summed E-state index contributed by atoms with van der Waals surface area (Å²) >= 11 is 5.98. The van der Waals surface area contributed by atoms with Gasteiger partial charge in [-0.25, -0.2) is 0 Å². The number of halogens is 1. The first kappa shape index (κ1) is 16.8. The van der Waals surface area contributed by atoms with Crippen LogP contribution in [0.25, 0.3) is 0 Å². The Kier molecular flexibility index (Phi) is 7.01. The van der Waals surface area contributed by atoms with Crippen molar-refractivity contribution in [3.63, 3.8) is 0 Å². The average molecular weight is 309 g/mol. The Balaban J connectivity index is 1.90. The second-order valence-electron chi connectivity index (χ2n) is 6.16. The second kappa shape index (κ2) is 8.77. The van der Waals surface area contributed by atoms with E-state index in [4.69, 9.17) is 11.6 Å². The molecule has 1 aromatic carbocycles. The van der Waals surface area contributed by atoms with Gasteiger partial charge < -0.3 is 10.2 Å². The van der Waals surface area contributed by atoms with Crippen molar-refractivity contribution in [3.8, 4) is 0 Å². The van der Waals surface area contributed by atoms with Crippen LogP contribution >= 0.6 is 11.6 Å². The number of likely N-dealkylation sites (tertiary alicyclic amines) is 1. The average Bonchev–Trinajstić information content (AvgIpc) is 2.51. The molecule has 0 saturated carbocycles. The first-order valence-electron chi connectivity index (χ1n) is 8.41. The Hall–Kier alpha value is -0.570. The van der Waals surface area contributed by atoms with Gasteiger partial charge in [0.1, 0.15) is 0 Å². The molecule has 3 heteroatoms. The fourth-order valence-electron chi connectivity index (χ4n) is 3.48. The minimum Gasteiger partial charge on any atom is -0.313 e. The monoisotopic (exact) mass is 308 g/mol. The quantitative estimate of drug-likeness (QED) is 0.789. The van der Waals surface area contributed by atoms with E-state index in [1.807, 2.05) is 12.1 Å². The van der Waals surface area contributed by atoms with Gasteiger partial charge in [0.2, 0.25) is 0 Å². The first-order valence-corrected chi connectivity index (χ1v) is 8.79. The molecule has 0 aliphatic carbocycles. The number of hydrogen-bond acceptors (Lipinski definition) is 2. The normalized spacial score (nSPS) is 21.4. The van der Waals surface area contributed by atoms with E-state index >= 15 is 0 Å². The number of benzene rings is 1. The number of nitrogens with zero attached hydrogens (tertiary/aromatic N) is 1. The van der Waals surface area contributed by atoms with Crippen LogP contribution < -0.4 is 5.32 Å². The molecule has 1 aliphatic heterocycles. The van der Waals surface area contributed by atoms with Gasteiger partial charge in [-0.3, -0.25) is 0 Å². The molecule has 0 bridgehead atoms. The summed E-state index contributed by atoms with van der Waals surface area (Å²) in [5.41, 5.74) is 1.34. The molecule has 1 aliphatic rings. The molecule has 21 heavy (non-hydrogen) atoms. The topological polar surface area (TPSA) is 15.3 Å². The molecule has 118 valence electrons. The van der Waals surface area contributed by atoms with Crippen LogP contribution in [0.2, 0.25) is 5.02 Å². The minimum absolute atomic E-state index is 0.423. The third-order valence-electron chi connectivity index (χ3n) is 4.70. The van der Waals surface area contributed by atoms with E-state index < -0.39 is 0 Å². The Morgan fingerprint density at radius 2 is 2.05 bits per heavy atom. The largest absolute Gasteiger partial charge is 0.313 e. The van der Waals surface area contributed by atoms with E-state index in [1.54, 1.807) is 0 Å². The number of hydrogen-bond donors (Lipinski definition) is 1. The van der Waals surface area contributed by atoms with Gasteiger partial charge in [-0.2, -0.15) is 0 Å². The standard InChI is InChI=1S/C18H29ClN2/c1-3-6-17-7-4-5-13-21(17)14-12-18(20-2)15-8-10-16(19)11-9-15/h8-11,17-18,20H,3-7,12-14H2,1-2H3. The van der Waals surface area contributed by atoms with Gasteiger partial charge in [0.15, 0.2) is 0 Å². The Morgan fingerprint density at radius 3 is 2.71 bits per heavy atom. The smallest absolute Gasteiger partial charge is 0.0406 e. The lowest BCUT2D eigenvalue weighted by Crippen LogP contribution is -2.41. The van der Waals surface area contributed by atoms with E-state index in [0.717, 1.165) is 11.1 Å². The molecule has 1 aromatic rings. The van der Waals surface area contributed by atoms with Crippen LogP contribution in [-0.2, 0) is 0 Å². The highest BCUT2D eigenvalue weighted by atomic mass is 35.5.